The molecule has 0 aliphatic heterocycles. The van der Waals surface area contributed by atoms with Crippen molar-refractivity contribution in [3.8, 4) is 0 Å². The molecular weight excluding hydrogens is 498 g/mol. The molecule has 0 aliphatic carbocycles. The van der Waals surface area contributed by atoms with E-state index in [0.717, 1.165) is 9.87 Å². The van der Waals surface area contributed by atoms with Crippen molar-refractivity contribution in [2.45, 2.75) is 18.2 Å². The van der Waals surface area contributed by atoms with Crippen molar-refractivity contribution in [3.05, 3.63) is 100 Å². The molecule has 192 valence electrons. The Balaban J connectivity index is 1.75. The number of anilines is 1. The van der Waals surface area contributed by atoms with Gasteiger partial charge in [0.2, 0.25) is 15.9 Å². The smallest absolute Gasteiger partial charge is 0.270 e. The number of nitro benzene ring substituents is 1. The van der Waals surface area contributed by atoms with Crippen molar-refractivity contribution in [1.82, 2.24) is 9.73 Å². The number of sulfonamides is 1. The van der Waals surface area contributed by atoms with E-state index in [0.29, 0.717) is 17.7 Å². The third-order valence-corrected chi connectivity index (χ3v) is 6.97. The van der Waals surface area contributed by atoms with E-state index >= 15 is 0 Å². The van der Waals surface area contributed by atoms with E-state index < -0.39 is 27.4 Å². The number of amides is 2. The zero-order valence-electron chi connectivity index (χ0n) is 19.9. The second kappa shape index (κ2) is 12.5. The lowest BCUT2D eigenvalue weighted by molar-refractivity contribution is -0.384. The van der Waals surface area contributed by atoms with Crippen LogP contribution in [0.2, 0.25) is 0 Å². The summed E-state index contributed by atoms with van der Waals surface area (Å²) in [6, 6.07) is 20.6. The monoisotopic (exact) mass is 523 g/mol. The summed E-state index contributed by atoms with van der Waals surface area (Å²) >= 11 is 0. The number of carbonyl (C=O) groups excluding carboxylic acids is 2. The number of carbonyl (C=O) groups is 2. The zero-order valence-corrected chi connectivity index (χ0v) is 20.7. The van der Waals surface area contributed by atoms with Gasteiger partial charge >= 0.3 is 0 Å². The highest BCUT2D eigenvalue weighted by Gasteiger charge is 2.26. The number of nitrogens with zero attached hydrogens (tertiary/aromatic N) is 3. The summed E-state index contributed by atoms with van der Waals surface area (Å²) in [5.41, 5.74) is 3.87. The molecule has 0 aromatic heterocycles. The molecule has 0 bridgehead atoms. The number of nitrogens with one attached hydrogen (secondary N) is 2. The summed E-state index contributed by atoms with van der Waals surface area (Å²) in [7, 11) is -4.07. The second-order valence-electron chi connectivity index (χ2n) is 7.93. The Hall–Kier alpha value is -4.42. The van der Waals surface area contributed by atoms with Crippen LogP contribution in [0.5, 0.6) is 0 Å². The van der Waals surface area contributed by atoms with Gasteiger partial charge in [0.05, 0.1) is 22.6 Å². The van der Waals surface area contributed by atoms with Gasteiger partial charge in [0.1, 0.15) is 0 Å². The molecule has 0 atom stereocenters. The zero-order chi connectivity index (χ0) is 26.8. The van der Waals surface area contributed by atoms with E-state index in [4.69, 9.17) is 0 Å². The number of hydrogen-bond donors (Lipinski definition) is 2. The van der Waals surface area contributed by atoms with Crippen LogP contribution in [0, 0.1) is 10.1 Å². The maximum atomic E-state index is 13.4. The summed E-state index contributed by atoms with van der Waals surface area (Å²) in [6.45, 7) is 0.868. The van der Waals surface area contributed by atoms with Crippen LogP contribution in [0.1, 0.15) is 18.1 Å². The normalized spacial score (nSPS) is 11.4. The first-order valence-corrected chi connectivity index (χ1v) is 12.6. The van der Waals surface area contributed by atoms with Crippen LogP contribution >= 0.6 is 0 Å². The number of hydrazone groups is 1. The highest BCUT2D eigenvalue weighted by atomic mass is 32.2. The van der Waals surface area contributed by atoms with Crippen LogP contribution in [-0.4, -0.2) is 48.8 Å². The lowest BCUT2D eigenvalue weighted by Crippen LogP contribution is -2.40. The fourth-order valence-electron chi connectivity index (χ4n) is 3.34. The van der Waals surface area contributed by atoms with Gasteiger partial charge in [-0.2, -0.15) is 9.41 Å². The molecule has 3 rings (SSSR count). The van der Waals surface area contributed by atoms with Gasteiger partial charge in [-0.15, -0.1) is 0 Å². The standard InChI is InChI=1S/C25H25N5O6S/c1-19(31)27-22-10-12-24(13-11-22)37(35,36)29(15-14-20-6-3-2-4-7-20)18-25(32)28-26-17-21-8-5-9-23(16-21)30(33)34/h2-13,16-17H,14-15,18H2,1H3,(H,27,31)(H,28,32)/b26-17-. The Morgan fingerprint density at radius 1 is 1.03 bits per heavy atom. The third-order valence-electron chi connectivity index (χ3n) is 5.11. The van der Waals surface area contributed by atoms with Gasteiger partial charge in [-0.1, -0.05) is 42.5 Å². The molecule has 0 radical (unpaired) electrons. The van der Waals surface area contributed by atoms with E-state index in [2.05, 4.69) is 15.8 Å². The summed E-state index contributed by atoms with van der Waals surface area (Å²) < 4.78 is 27.8. The molecule has 2 N–H and O–H groups in total. The first-order valence-electron chi connectivity index (χ1n) is 11.1. The van der Waals surface area contributed by atoms with Crippen molar-refractivity contribution in [3.63, 3.8) is 0 Å². The van der Waals surface area contributed by atoms with Crippen molar-refractivity contribution in [1.29, 1.82) is 0 Å². The summed E-state index contributed by atoms with van der Waals surface area (Å²) in [5, 5.41) is 17.3. The molecule has 0 aliphatic rings. The maximum absolute atomic E-state index is 13.4. The average Bonchev–Trinajstić information content (AvgIpc) is 2.87. The van der Waals surface area contributed by atoms with E-state index in [-0.39, 0.29) is 23.0 Å². The fraction of sp³-hybridized carbons (Fsp3) is 0.160. The number of nitro groups is 1. The number of non-ortho nitro benzene ring substituents is 1. The topological polar surface area (TPSA) is 151 Å². The van der Waals surface area contributed by atoms with Gasteiger partial charge < -0.3 is 5.32 Å². The molecule has 3 aromatic rings. The predicted octanol–water partition coefficient (Wildman–Crippen LogP) is 2.94. The van der Waals surface area contributed by atoms with Crippen molar-refractivity contribution >= 4 is 39.4 Å². The molecule has 0 saturated heterocycles. The van der Waals surface area contributed by atoms with Gasteiger partial charge in [-0.3, -0.25) is 19.7 Å². The molecule has 0 heterocycles. The molecule has 0 unspecified atom stereocenters. The first-order chi connectivity index (χ1) is 17.6. The molecule has 3 aromatic carbocycles. The third kappa shape index (κ3) is 8.05. The highest BCUT2D eigenvalue weighted by molar-refractivity contribution is 7.89. The Morgan fingerprint density at radius 3 is 2.38 bits per heavy atom. The van der Waals surface area contributed by atoms with Crippen LogP contribution in [0.3, 0.4) is 0 Å². The largest absolute Gasteiger partial charge is 0.326 e. The van der Waals surface area contributed by atoms with Crippen LogP contribution < -0.4 is 10.7 Å². The Morgan fingerprint density at radius 2 is 1.73 bits per heavy atom. The second-order valence-corrected chi connectivity index (χ2v) is 9.86. The minimum absolute atomic E-state index is 0.0296. The number of benzene rings is 3. The molecule has 2 amide bonds. The maximum Gasteiger partial charge on any atom is 0.270 e. The average molecular weight is 524 g/mol. The Bertz CT molecular complexity index is 1390. The number of rotatable bonds is 11. The van der Waals surface area contributed by atoms with Crippen molar-refractivity contribution in [2.24, 2.45) is 5.10 Å². The minimum atomic E-state index is -4.07. The Labute approximate surface area is 214 Å². The van der Waals surface area contributed by atoms with Crippen molar-refractivity contribution in [2.75, 3.05) is 18.4 Å². The summed E-state index contributed by atoms with van der Waals surface area (Å²) in [6.07, 6.45) is 1.60. The molecule has 12 heteroatoms. The van der Waals surface area contributed by atoms with Crippen molar-refractivity contribution < 1.29 is 22.9 Å². The van der Waals surface area contributed by atoms with E-state index in [1.54, 1.807) is 6.07 Å². The summed E-state index contributed by atoms with van der Waals surface area (Å²) in [4.78, 5) is 34.2. The van der Waals surface area contributed by atoms with Crippen LogP contribution in [-0.2, 0) is 26.0 Å². The van der Waals surface area contributed by atoms with Crippen LogP contribution in [0.25, 0.3) is 0 Å². The number of hydrogen-bond acceptors (Lipinski definition) is 7. The van der Waals surface area contributed by atoms with E-state index in [9.17, 15) is 28.1 Å². The molecule has 0 fully saturated rings. The lowest BCUT2D eigenvalue weighted by Gasteiger charge is -2.21. The minimum Gasteiger partial charge on any atom is -0.326 e. The molecule has 37 heavy (non-hydrogen) atoms. The van der Waals surface area contributed by atoms with Gasteiger partial charge in [-0.25, -0.2) is 13.8 Å². The molecule has 0 spiro atoms. The highest BCUT2D eigenvalue weighted by Crippen LogP contribution is 2.19. The summed E-state index contributed by atoms with van der Waals surface area (Å²) in [5.74, 6) is -0.976. The quantitative estimate of drug-likeness (QED) is 0.224. The fourth-order valence-corrected chi connectivity index (χ4v) is 4.74. The van der Waals surface area contributed by atoms with Gasteiger partial charge in [-0.05, 0) is 36.2 Å². The van der Waals surface area contributed by atoms with E-state index in [1.807, 2.05) is 30.3 Å². The predicted molar refractivity (Wildman–Crippen MR) is 138 cm³/mol. The molecule has 11 nitrogen and oxygen atoms in total. The van der Waals surface area contributed by atoms with Gasteiger partial charge in [0.15, 0.2) is 0 Å². The first kappa shape index (κ1) is 27.2. The Kier molecular flexibility index (Phi) is 9.19. The van der Waals surface area contributed by atoms with Gasteiger partial charge in [0, 0.05) is 36.9 Å². The van der Waals surface area contributed by atoms with Crippen LogP contribution in [0.15, 0.2) is 88.9 Å². The SMILES string of the molecule is CC(=O)Nc1ccc(S(=O)(=O)N(CCc2ccccc2)CC(=O)N/N=C\c2cccc([N+](=O)[O-])c2)cc1. The molecule has 0 saturated carbocycles. The van der Waals surface area contributed by atoms with Crippen LogP contribution in [0.4, 0.5) is 11.4 Å². The molecular formula is C25H25N5O6S. The van der Waals surface area contributed by atoms with Gasteiger partial charge in [0.25, 0.3) is 11.6 Å². The lowest BCUT2D eigenvalue weighted by atomic mass is 10.1. The van der Waals surface area contributed by atoms with E-state index in [1.165, 1.54) is 55.6 Å².